The van der Waals surface area contributed by atoms with E-state index in [0.29, 0.717) is 32.2 Å². The first-order valence-electron chi connectivity index (χ1n) is 8.80. The minimum atomic E-state index is 0.0564. The molecule has 5 nitrogen and oxygen atoms in total. The molecule has 1 aliphatic heterocycles. The van der Waals surface area contributed by atoms with E-state index in [-0.39, 0.29) is 11.8 Å². The molecule has 2 rings (SSSR count). The fourth-order valence-electron chi connectivity index (χ4n) is 3.05. The van der Waals surface area contributed by atoms with Gasteiger partial charge in [0, 0.05) is 51.3 Å². The Morgan fingerprint density at radius 2 is 1.58 bits per heavy atom. The van der Waals surface area contributed by atoms with Crippen molar-refractivity contribution in [3.8, 4) is 0 Å². The van der Waals surface area contributed by atoms with E-state index < -0.39 is 0 Å². The lowest BCUT2D eigenvalue weighted by molar-refractivity contribution is -0.130. The molecule has 0 N–H and O–H groups in total. The van der Waals surface area contributed by atoms with Crippen LogP contribution in [-0.2, 0) is 11.3 Å². The van der Waals surface area contributed by atoms with Crippen LogP contribution in [0, 0.1) is 0 Å². The third kappa shape index (κ3) is 4.57. The summed E-state index contributed by atoms with van der Waals surface area (Å²) in [7, 11) is 0. The number of carbonyl (C=O) groups is 2. The molecule has 1 aliphatic rings. The van der Waals surface area contributed by atoms with Crippen LogP contribution in [0.25, 0.3) is 0 Å². The van der Waals surface area contributed by atoms with Gasteiger partial charge in [0.05, 0.1) is 0 Å². The SMILES string of the molecule is CCN(Cc1ccc(C(=O)N2CCN(C(C)=O)CC2)cc1)C(C)C. The largest absolute Gasteiger partial charge is 0.339 e. The molecule has 0 bridgehead atoms. The molecule has 1 fully saturated rings. The molecule has 0 aliphatic carbocycles. The van der Waals surface area contributed by atoms with E-state index in [1.54, 1.807) is 11.8 Å². The van der Waals surface area contributed by atoms with Crippen LogP contribution in [0.4, 0.5) is 0 Å². The minimum absolute atomic E-state index is 0.0564. The number of piperazine rings is 1. The highest BCUT2D eigenvalue weighted by Crippen LogP contribution is 2.13. The monoisotopic (exact) mass is 331 g/mol. The first-order chi connectivity index (χ1) is 11.4. The molecular formula is C19H29N3O2. The Kier molecular flexibility index (Phi) is 6.37. The Bertz CT molecular complexity index is 560. The fourth-order valence-corrected chi connectivity index (χ4v) is 3.05. The highest BCUT2D eigenvalue weighted by atomic mass is 16.2. The zero-order chi connectivity index (χ0) is 17.7. The number of hydrogen-bond donors (Lipinski definition) is 0. The van der Waals surface area contributed by atoms with Crippen LogP contribution in [0.5, 0.6) is 0 Å². The van der Waals surface area contributed by atoms with Crippen LogP contribution in [0.2, 0.25) is 0 Å². The summed E-state index contributed by atoms with van der Waals surface area (Å²) in [6, 6.07) is 8.44. The van der Waals surface area contributed by atoms with Gasteiger partial charge in [-0.15, -0.1) is 0 Å². The van der Waals surface area contributed by atoms with E-state index >= 15 is 0 Å². The molecule has 1 saturated heterocycles. The highest BCUT2D eigenvalue weighted by molar-refractivity contribution is 5.94. The lowest BCUT2D eigenvalue weighted by Gasteiger charge is -2.34. The molecule has 1 heterocycles. The van der Waals surface area contributed by atoms with Gasteiger partial charge in [0.2, 0.25) is 5.91 Å². The Morgan fingerprint density at radius 1 is 1.04 bits per heavy atom. The third-order valence-corrected chi connectivity index (χ3v) is 4.74. The smallest absolute Gasteiger partial charge is 0.253 e. The van der Waals surface area contributed by atoms with Gasteiger partial charge in [0.1, 0.15) is 0 Å². The zero-order valence-electron chi connectivity index (χ0n) is 15.3. The first kappa shape index (κ1) is 18.5. The van der Waals surface area contributed by atoms with Gasteiger partial charge in [-0.2, -0.15) is 0 Å². The summed E-state index contributed by atoms with van der Waals surface area (Å²) in [5, 5.41) is 0. The fraction of sp³-hybridized carbons (Fsp3) is 0.579. The molecule has 1 aromatic carbocycles. The van der Waals surface area contributed by atoms with Gasteiger partial charge >= 0.3 is 0 Å². The zero-order valence-corrected chi connectivity index (χ0v) is 15.3. The predicted octanol–water partition coefficient (Wildman–Crippen LogP) is 2.22. The molecule has 0 unspecified atom stereocenters. The number of rotatable bonds is 5. The molecule has 24 heavy (non-hydrogen) atoms. The molecule has 0 saturated carbocycles. The van der Waals surface area contributed by atoms with Crippen molar-refractivity contribution in [2.45, 2.75) is 40.3 Å². The van der Waals surface area contributed by atoms with Crippen LogP contribution >= 0.6 is 0 Å². The summed E-state index contributed by atoms with van der Waals surface area (Å²) in [5.74, 6) is 0.137. The van der Waals surface area contributed by atoms with Gasteiger partial charge < -0.3 is 9.80 Å². The van der Waals surface area contributed by atoms with Crippen molar-refractivity contribution in [1.82, 2.24) is 14.7 Å². The van der Waals surface area contributed by atoms with Crippen LogP contribution < -0.4 is 0 Å². The van der Waals surface area contributed by atoms with Gasteiger partial charge in [0.25, 0.3) is 5.91 Å². The third-order valence-electron chi connectivity index (χ3n) is 4.74. The van der Waals surface area contributed by atoms with Crippen molar-refractivity contribution >= 4 is 11.8 Å². The molecule has 0 atom stereocenters. The van der Waals surface area contributed by atoms with E-state index in [4.69, 9.17) is 0 Å². The van der Waals surface area contributed by atoms with Gasteiger partial charge in [0.15, 0.2) is 0 Å². The van der Waals surface area contributed by atoms with Gasteiger partial charge in [-0.1, -0.05) is 19.1 Å². The van der Waals surface area contributed by atoms with Gasteiger partial charge in [-0.25, -0.2) is 0 Å². The summed E-state index contributed by atoms with van der Waals surface area (Å²) < 4.78 is 0. The molecule has 132 valence electrons. The van der Waals surface area contributed by atoms with Crippen LogP contribution in [0.1, 0.15) is 43.6 Å². The van der Waals surface area contributed by atoms with Gasteiger partial charge in [-0.3, -0.25) is 14.5 Å². The quantitative estimate of drug-likeness (QED) is 0.831. The van der Waals surface area contributed by atoms with Crippen LogP contribution in [0.15, 0.2) is 24.3 Å². The topological polar surface area (TPSA) is 43.9 Å². The summed E-state index contributed by atoms with van der Waals surface area (Å²) in [6.45, 7) is 12.5. The minimum Gasteiger partial charge on any atom is -0.339 e. The maximum Gasteiger partial charge on any atom is 0.253 e. The van der Waals surface area contributed by atoms with E-state index in [1.165, 1.54) is 5.56 Å². The van der Waals surface area contributed by atoms with Crippen LogP contribution in [0.3, 0.4) is 0 Å². The second kappa shape index (κ2) is 8.29. The lowest BCUT2D eigenvalue weighted by atomic mass is 10.1. The Hall–Kier alpha value is -1.88. The molecule has 5 heteroatoms. The van der Waals surface area contributed by atoms with E-state index in [9.17, 15) is 9.59 Å². The van der Waals surface area contributed by atoms with Crippen molar-refractivity contribution in [2.24, 2.45) is 0 Å². The Morgan fingerprint density at radius 3 is 2.04 bits per heavy atom. The predicted molar refractivity (Wildman–Crippen MR) is 95.8 cm³/mol. The van der Waals surface area contributed by atoms with E-state index in [2.05, 4.69) is 25.7 Å². The summed E-state index contributed by atoms with van der Waals surface area (Å²) >= 11 is 0. The van der Waals surface area contributed by atoms with E-state index in [1.807, 2.05) is 29.2 Å². The normalized spacial score (nSPS) is 15.2. The molecule has 1 aromatic rings. The second-order valence-corrected chi connectivity index (χ2v) is 6.65. The van der Waals surface area contributed by atoms with Crippen molar-refractivity contribution in [2.75, 3.05) is 32.7 Å². The molecule has 2 amide bonds. The summed E-state index contributed by atoms with van der Waals surface area (Å²) in [6.07, 6.45) is 0. The average Bonchev–Trinajstić information content (AvgIpc) is 2.59. The number of nitrogens with zero attached hydrogens (tertiary/aromatic N) is 3. The highest BCUT2D eigenvalue weighted by Gasteiger charge is 2.23. The maximum absolute atomic E-state index is 12.6. The van der Waals surface area contributed by atoms with Gasteiger partial charge in [-0.05, 0) is 38.1 Å². The summed E-state index contributed by atoms with van der Waals surface area (Å²) in [5.41, 5.74) is 1.95. The maximum atomic E-state index is 12.6. The molecule has 0 radical (unpaired) electrons. The number of amides is 2. The Labute approximate surface area is 145 Å². The van der Waals surface area contributed by atoms with Crippen molar-refractivity contribution < 1.29 is 9.59 Å². The van der Waals surface area contributed by atoms with Crippen molar-refractivity contribution in [3.63, 3.8) is 0 Å². The van der Waals surface area contributed by atoms with Crippen LogP contribution in [-0.4, -0.2) is 65.3 Å². The van der Waals surface area contributed by atoms with Crippen molar-refractivity contribution in [1.29, 1.82) is 0 Å². The first-order valence-corrected chi connectivity index (χ1v) is 8.80. The summed E-state index contributed by atoms with van der Waals surface area (Å²) in [4.78, 5) is 30.0. The standard InChI is InChI=1S/C19H29N3O2/c1-5-20(15(2)3)14-17-6-8-18(9-7-17)19(24)22-12-10-21(11-13-22)16(4)23/h6-9,15H,5,10-14H2,1-4H3. The van der Waals surface area contributed by atoms with E-state index in [0.717, 1.165) is 18.7 Å². The average molecular weight is 331 g/mol. The molecule has 0 aromatic heterocycles. The molecular weight excluding hydrogens is 302 g/mol. The number of benzene rings is 1. The Balaban J connectivity index is 1.95. The lowest BCUT2D eigenvalue weighted by Crippen LogP contribution is -2.50. The number of hydrogen-bond acceptors (Lipinski definition) is 3. The second-order valence-electron chi connectivity index (χ2n) is 6.65. The molecule has 0 spiro atoms. The van der Waals surface area contributed by atoms with Crippen molar-refractivity contribution in [3.05, 3.63) is 35.4 Å². The number of carbonyl (C=O) groups excluding carboxylic acids is 2.